The standard InChI is InChI=1S/C12H14FNOS2/c13-10-4-1-3-9(7-10)8-14-12(15)11-5-2-6-16-17-11/h1,3-4,7,11H,2,5-6,8H2,(H,14,15). The molecule has 0 aromatic heterocycles. The maximum absolute atomic E-state index is 12.9. The van der Waals surface area contributed by atoms with Crippen LogP contribution in [-0.2, 0) is 11.3 Å². The van der Waals surface area contributed by atoms with Gasteiger partial charge in [-0.1, -0.05) is 33.7 Å². The van der Waals surface area contributed by atoms with Gasteiger partial charge >= 0.3 is 0 Å². The summed E-state index contributed by atoms with van der Waals surface area (Å²) in [6.45, 7) is 0.401. The van der Waals surface area contributed by atoms with E-state index < -0.39 is 0 Å². The summed E-state index contributed by atoms with van der Waals surface area (Å²) < 4.78 is 12.9. The molecule has 17 heavy (non-hydrogen) atoms. The Kier molecular flexibility index (Phi) is 4.74. The van der Waals surface area contributed by atoms with Gasteiger partial charge in [-0.3, -0.25) is 4.79 Å². The van der Waals surface area contributed by atoms with Gasteiger partial charge in [-0.25, -0.2) is 4.39 Å². The number of amides is 1. The van der Waals surface area contributed by atoms with E-state index in [9.17, 15) is 9.18 Å². The maximum atomic E-state index is 12.9. The van der Waals surface area contributed by atoms with Crippen LogP contribution in [-0.4, -0.2) is 16.9 Å². The van der Waals surface area contributed by atoms with E-state index in [1.165, 1.54) is 12.1 Å². The van der Waals surface area contributed by atoms with E-state index in [1.54, 1.807) is 27.7 Å². The van der Waals surface area contributed by atoms with Crippen molar-refractivity contribution in [2.75, 3.05) is 5.75 Å². The topological polar surface area (TPSA) is 29.1 Å². The molecule has 1 aliphatic rings. The summed E-state index contributed by atoms with van der Waals surface area (Å²) in [5.41, 5.74) is 0.798. The summed E-state index contributed by atoms with van der Waals surface area (Å²) in [7, 11) is 3.39. The molecule has 0 spiro atoms. The molecule has 1 atom stereocenters. The zero-order valence-electron chi connectivity index (χ0n) is 9.32. The van der Waals surface area contributed by atoms with E-state index in [0.29, 0.717) is 6.54 Å². The van der Waals surface area contributed by atoms with Crippen LogP contribution in [0.15, 0.2) is 24.3 Å². The fourth-order valence-corrected chi connectivity index (χ4v) is 4.30. The second-order valence-electron chi connectivity index (χ2n) is 3.90. The molecule has 1 heterocycles. The Balaban J connectivity index is 1.83. The molecule has 0 aliphatic carbocycles. The average Bonchev–Trinajstić information content (AvgIpc) is 2.37. The fourth-order valence-electron chi connectivity index (χ4n) is 1.63. The zero-order chi connectivity index (χ0) is 12.1. The summed E-state index contributed by atoms with van der Waals surface area (Å²) >= 11 is 0. The van der Waals surface area contributed by atoms with Crippen molar-refractivity contribution in [3.63, 3.8) is 0 Å². The first kappa shape index (κ1) is 12.8. The first-order valence-electron chi connectivity index (χ1n) is 5.56. The fraction of sp³-hybridized carbons (Fsp3) is 0.417. The molecule has 0 saturated carbocycles. The van der Waals surface area contributed by atoms with Crippen LogP contribution in [0.1, 0.15) is 18.4 Å². The molecule has 1 unspecified atom stereocenters. The Morgan fingerprint density at radius 3 is 3.12 bits per heavy atom. The molecular weight excluding hydrogens is 257 g/mol. The normalized spacial score (nSPS) is 19.9. The quantitative estimate of drug-likeness (QED) is 0.857. The van der Waals surface area contributed by atoms with Gasteiger partial charge in [0.05, 0.1) is 5.25 Å². The number of hydrogen-bond acceptors (Lipinski definition) is 3. The highest BCUT2D eigenvalue weighted by Crippen LogP contribution is 2.35. The number of halogens is 1. The highest BCUT2D eigenvalue weighted by Gasteiger charge is 2.21. The number of benzene rings is 1. The molecule has 5 heteroatoms. The summed E-state index contributed by atoms with van der Waals surface area (Å²) in [5.74, 6) is 0.920. The highest BCUT2D eigenvalue weighted by atomic mass is 33.1. The molecule has 2 nitrogen and oxygen atoms in total. The van der Waals surface area contributed by atoms with Crippen LogP contribution >= 0.6 is 21.6 Å². The van der Waals surface area contributed by atoms with Crippen LogP contribution in [0.5, 0.6) is 0 Å². The lowest BCUT2D eigenvalue weighted by Gasteiger charge is -2.19. The third-order valence-electron chi connectivity index (χ3n) is 2.53. The van der Waals surface area contributed by atoms with Gasteiger partial charge in [-0.05, 0) is 30.5 Å². The van der Waals surface area contributed by atoms with Crippen LogP contribution in [0.2, 0.25) is 0 Å². The number of hydrogen-bond donors (Lipinski definition) is 1. The Hall–Kier alpha value is -0.680. The lowest BCUT2D eigenvalue weighted by Crippen LogP contribution is -2.32. The molecule has 1 fully saturated rings. The predicted molar refractivity (Wildman–Crippen MR) is 71.3 cm³/mol. The second-order valence-corrected chi connectivity index (χ2v) is 6.59. The molecular formula is C12H14FNOS2. The Bertz CT molecular complexity index is 394. The second kappa shape index (κ2) is 6.31. The smallest absolute Gasteiger partial charge is 0.234 e. The van der Waals surface area contributed by atoms with E-state index in [2.05, 4.69) is 5.32 Å². The minimum atomic E-state index is -0.264. The Labute approximate surface area is 108 Å². The van der Waals surface area contributed by atoms with Crippen LogP contribution in [0, 0.1) is 5.82 Å². The molecule has 1 aromatic rings. The van der Waals surface area contributed by atoms with Gasteiger partial charge in [0.1, 0.15) is 5.82 Å². The van der Waals surface area contributed by atoms with Crippen molar-refractivity contribution in [3.8, 4) is 0 Å². The van der Waals surface area contributed by atoms with Crippen molar-refractivity contribution in [3.05, 3.63) is 35.6 Å². The van der Waals surface area contributed by atoms with Gasteiger partial charge in [-0.2, -0.15) is 0 Å². The highest BCUT2D eigenvalue weighted by molar-refractivity contribution is 8.77. The van der Waals surface area contributed by atoms with Crippen molar-refractivity contribution in [1.29, 1.82) is 0 Å². The minimum absolute atomic E-state index is 0.0438. The van der Waals surface area contributed by atoms with Crippen LogP contribution in [0.4, 0.5) is 4.39 Å². The summed E-state index contributed by atoms with van der Waals surface area (Å²) in [5, 5.41) is 2.90. The monoisotopic (exact) mass is 271 g/mol. The molecule has 1 amide bonds. The van der Waals surface area contributed by atoms with E-state index in [-0.39, 0.29) is 17.0 Å². The zero-order valence-corrected chi connectivity index (χ0v) is 11.0. The molecule has 0 bridgehead atoms. The first-order valence-corrected chi connectivity index (χ1v) is 7.94. The maximum Gasteiger partial charge on any atom is 0.234 e. The lowest BCUT2D eigenvalue weighted by atomic mass is 10.2. The van der Waals surface area contributed by atoms with Crippen molar-refractivity contribution in [2.24, 2.45) is 0 Å². The molecule has 1 saturated heterocycles. The van der Waals surface area contributed by atoms with E-state index in [4.69, 9.17) is 0 Å². The summed E-state index contributed by atoms with van der Waals surface area (Å²) in [6.07, 6.45) is 2.03. The lowest BCUT2D eigenvalue weighted by molar-refractivity contribution is -0.120. The van der Waals surface area contributed by atoms with E-state index >= 15 is 0 Å². The van der Waals surface area contributed by atoms with Gasteiger partial charge in [0, 0.05) is 12.3 Å². The minimum Gasteiger partial charge on any atom is -0.351 e. The third-order valence-corrected chi connectivity index (χ3v) is 5.41. The number of nitrogens with one attached hydrogen (secondary N) is 1. The van der Waals surface area contributed by atoms with Crippen molar-refractivity contribution in [2.45, 2.75) is 24.6 Å². The Morgan fingerprint density at radius 1 is 1.53 bits per heavy atom. The molecule has 1 aromatic carbocycles. The van der Waals surface area contributed by atoms with Crippen LogP contribution < -0.4 is 5.32 Å². The first-order chi connectivity index (χ1) is 8.25. The third kappa shape index (κ3) is 3.92. The van der Waals surface area contributed by atoms with Crippen LogP contribution in [0.3, 0.4) is 0 Å². The van der Waals surface area contributed by atoms with Crippen LogP contribution in [0.25, 0.3) is 0 Å². The van der Waals surface area contributed by atoms with Gasteiger partial charge in [0.15, 0.2) is 0 Å². The molecule has 1 N–H and O–H groups in total. The van der Waals surface area contributed by atoms with Crippen molar-refractivity contribution < 1.29 is 9.18 Å². The van der Waals surface area contributed by atoms with Crippen molar-refractivity contribution in [1.82, 2.24) is 5.32 Å². The van der Waals surface area contributed by atoms with Gasteiger partial charge in [0.25, 0.3) is 0 Å². The van der Waals surface area contributed by atoms with Crippen molar-refractivity contribution >= 4 is 27.5 Å². The SMILES string of the molecule is O=C(NCc1cccc(F)c1)C1CCCSS1. The van der Waals surface area contributed by atoms with Gasteiger partial charge < -0.3 is 5.32 Å². The molecule has 1 aliphatic heterocycles. The van der Waals surface area contributed by atoms with Gasteiger partial charge in [0.2, 0.25) is 5.91 Å². The largest absolute Gasteiger partial charge is 0.351 e. The Morgan fingerprint density at radius 2 is 2.41 bits per heavy atom. The van der Waals surface area contributed by atoms with Gasteiger partial charge in [-0.15, -0.1) is 0 Å². The summed E-state index contributed by atoms with van der Waals surface area (Å²) in [6, 6.07) is 6.32. The summed E-state index contributed by atoms with van der Waals surface area (Å²) in [4.78, 5) is 11.8. The molecule has 2 rings (SSSR count). The number of carbonyl (C=O) groups excluding carboxylic acids is 1. The molecule has 92 valence electrons. The van der Waals surface area contributed by atoms with E-state index in [1.807, 2.05) is 6.07 Å². The molecule has 0 radical (unpaired) electrons. The predicted octanol–water partition coefficient (Wildman–Crippen LogP) is 2.99. The van der Waals surface area contributed by atoms with E-state index in [0.717, 1.165) is 24.2 Å². The number of carbonyl (C=O) groups is 1. The average molecular weight is 271 g/mol. The number of rotatable bonds is 3.